The molecular formula is C13H15N3O4. The molecule has 0 bridgehead atoms. The van der Waals surface area contributed by atoms with Crippen molar-refractivity contribution in [2.75, 3.05) is 5.32 Å². The van der Waals surface area contributed by atoms with Crippen LogP contribution in [0, 0.1) is 0 Å². The summed E-state index contributed by atoms with van der Waals surface area (Å²) in [7, 11) is 0. The molecule has 0 aromatic carbocycles. The van der Waals surface area contributed by atoms with E-state index >= 15 is 0 Å². The van der Waals surface area contributed by atoms with Crippen LogP contribution in [-0.2, 0) is 4.74 Å². The van der Waals surface area contributed by atoms with Crippen LogP contribution in [0.1, 0.15) is 31.3 Å². The van der Waals surface area contributed by atoms with Crippen molar-refractivity contribution in [2.24, 2.45) is 0 Å². The van der Waals surface area contributed by atoms with Crippen molar-refractivity contribution in [3.05, 3.63) is 30.1 Å². The van der Waals surface area contributed by atoms with Crippen molar-refractivity contribution in [2.45, 2.75) is 26.4 Å². The number of carboxylic acids is 1. The Hall–Kier alpha value is -2.57. The Balaban J connectivity index is 2.19. The third-order valence-electron chi connectivity index (χ3n) is 2.33. The van der Waals surface area contributed by atoms with Crippen LogP contribution in [0.5, 0.6) is 0 Å². The Kier molecular flexibility index (Phi) is 3.35. The van der Waals surface area contributed by atoms with Crippen molar-refractivity contribution in [1.29, 1.82) is 0 Å². The van der Waals surface area contributed by atoms with Gasteiger partial charge in [0.15, 0.2) is 5.69 Å². The summed E-state index contributed by atoms with van der Waals surface area (Å²) >= 11 is 0. The number of pyridine rings is 1. The Labute approximate surface area is 115 Å². The molecule has 0 aliphatic rings. The fraction of sp³-hybridized carbons (Fsp3) is 0.308. The molecule has 0 atom stereocenters. The zero-order valence-corrected chi connectivity index (χ0v) is 11.4. The van der Waals surface area contributed by atoms with E-state index in [-0.39, 0.29) is 5.69 Å². The maximum atomic E-state index is 11.6. The average Bonchev–Trinajstić information content (AvgIpc) is 2.69. The molecule has 2 heterocycles. The molecule has 2 aromatic rings. The van der Waals surface area contributed by atoms with Crippen LogP contribution in [0.4, 0.5) is 10.5 Å². The van der Waals surface area contributed by atoms with Crippen LogP contribution in [0.25, 0.3) is 5.52 Å². The van der Waals surface area contributed by atoms with Gasteiger partial charge in [0.05, 0.1) is 5.52 Å². The molecule has 7 nitrogen and oxygen atoms in total. The quantitative estimate of drug-likeness (QED) is 0.879. The summed E-state index contributed by atoms with van der Waals surface area (Å²) in [5, 5.41) is 15.3. The highest BCUT2D eigenvalue weighted by molar-refractivity contribution is 5.88. The second-order valence-electron chi connectivity index (χ2n) is 5.25. The number of rotatable bonds is 2. The molecule has 2 aromatic heterocycles. The third kappa shape index (κ3) is 3.25. The van der Waals surface area contributed by atoms with E-state index in [1.54, 1.807) is 39.1 Å². The van der Waals surface area contributed by atoms with Gasteiger partial charge in [-0.05, 0) is 39.0 Å². The average molecular weight is 277 g/mol. The smallest absolute Gasteiger partial charge is 0.412 e. The van der Waals surface area contributed by atoms with Gasteiger partial charge in [0.25, 0.3) is 0 Å². The monoisotopic (exact) mass is 277 g/mol. The first-order valence-electron chi connectivity index (χ1n) is 5.97. The Bertz CT molecular complexity index is 670. The number of fused-ring (bicyclic) bond motifs is 1. The highest BCUT2D eigenvalue weighted by Crippen LogP contribution is 2.15. The largest absolute Gasteiger partial charge is 0.476 e. The molecule has 0 spiro atoms. The lowest BCUT2D eigenvalue weighted by atomic mass is 10.2. The number of hydrogen-bond donors (Lipinski definition) is 2. The van der Waals surface area contributed by atoms with Gasteiger partial charge in [-0.15, -0.1) is 0 Å². The number of aromatic carboxylic acids is 1. The minimum Gasteiger partial charge on any atom is -0.476 e. The van der Waals surface area contributed by atoms with Crippen molar-refractivity contribution < 1.29 is 19.4 Å². The van der Waals surface area contributed by atoms with E-state index in [4.69, 9.17) is 9.84 Å². The number of amides is 1. The summed E-state index contributed by atoms with van der Waals surface area (Å²) in [6, 6.07) is 4.64. The van der Waals surface area contributed by atoms with Gasteiger partial charge >= 0.3 is 12.1 Å². The van der Waals surface area contributed by atoms with E-state index in [0.717, 1.165) is 0 Å². The number of aromatic nitrogens is 2. The molecule has 0 unspecified atom stereocenters. The predicted molar refractivity (Wildman–Crippen MR) is 72.0 cm³/mol. The standard InChI is InChI=1S/C13H15N3O4/c1-13(2,3)20-12(19)14-8-4-5-16-9(6-8)7-10(15-16)11(17)18/h4-7H,1-3H3,(H,14,19)(H,17,18). The number of nitrogens with zero attached hydrogens (tertiary/aromatic N) is 2. The van der Waals surface area contributed by atoms with E-state index < -0.39 is 17.7 Å². The topological polar surface area (TPSA) is 92.9 Å². The summed E-state index contributed by atoms with van der Waals surface area (Å²) in [6.45, 7) is 5.31. The fourth-order valence-corrected chi connectivity index (χ4v) is 1.60. The Morgan fingerprint density at radius 2 is 2.05 bits per heavy atom. The number of hydrogen-bond acceptors (Lipinski definition) is 4. The molecule has 1 amide bonds. The molecule has 2 rings (SSSR count). The van der Waals surface area contributed by atoms with Crippen LogP contribution >= 0.6 is 0 Å². The summed E-state index contributed by atoms with van der Waals surface area (Å²) < 4.78 is 6.55. The van der Waals surface area contributed by atoms with E-state index in [1.165, 1.54) is 10.6 Å². The Morgan fingerprint density at radius 3 is 2.65 bits per heavy atom. The first-order chi connectivity index (χ1) is 9.24. The van der Waals surface area contributed by atoms with Crippen LogP contribution < -0.4 is 5.32 Å². The number of carbonyl (C=O) groups is 2. The van der Waals surface area contributed by atoms with Crippen molar-refractivity contribution >= 4 is 23.3 Å². The lowest BCUT2D eigenvalue weighted by Crippen LogP contribution is -2.27. The zero-order chi connectivity index (χ0) is 14.9. The summed E-state index contributed by atoms with van der Waals surface area (Å²) in [4.78, 5) is 22.5. The molecule has 0 saturated carbocycles. The van der Waals surface area contributed by atoms with Gasteiger partial charge < -0.3 is 9.84 Å². The van der Waals surface area contributed by atoms with E-state index in [9.17, 15) is 9.59 Å². The predicted octanol–water partition coefficient (Wildman–Crippen LogP) is 2.38. The van der Waals surface area contributed by atoms with E-state index in [1.807, 2.05) is 0 Å². The molecular weight excluding hydrogens is 262 g/mol. The van der Waals surface area contributed by atoms with Gasteiger partial charge in [-0.1, -0.05) is 0 Å². The highest BCUT2D eigenvalue weighted by atomic mass is 16.6. The first-order valence-corrected chi connectivity index (χ1v) is 5.97. The lowest BCUT2D eigenvalue weighted by molar-refractivity contribution is 0.0634. The summed E-state index contributed by atoms with van der Waals surface area (Å²) in [6.07, 6.45) is 0.994. The molecule has 20 heavy (non-hydrogen) atoms. The van der Waals surface area contributed by atoms with Gasteiger partial charge in [0, 0.05) is 11.9 Å². The molecule has 7 heteroatoms. The number of anilines is 1. The zero-order valence-electron chi connectivity index (χ0n) is 11.4. The third-order valence-corrected chi connectivity index (χ3v) is 2.33. The number of carboxylic acid groups (broad SMARTS) is 1. The summed E-state index contributed by atoms with van der Waals surface area (Å²) in [5.74, 6) is -1.10. The van der Waals surface area contributed by atoms with Gasteiger partial charge in [-0.25, -0.2) is 14.1 Å². The van der Waals surface area contributed by atoms with Crippen LogP contribution in [0.2, 0.25) is 0 Å². The van der Waals surface area contributed by atoms with Crippen LogP contribution in [-0.4, -0.2) is 32.4 Å². The Morgan fingerprint density at radius 1 is 1.35 bits per heavy atom. The van der Waals surface area contributed by atoms with Crippen molar-refractivity contribution in [3.63, 3.8) is 0 Å². The number of nitrogens with one attached hydrogen (secondary N) is 1. The summed E-state index contributed by atoms with van der Waals surface area (Å²) in [5.41, 5.74) is 0.431. The second kappa shape index (κ2) is 4.84. The molecule has 2 N–H and O–H groups in total. The maximum absolute atomic E-state index is 11.6. The molecule has 106 valence electrons. The first kappa shape index (κ1) is 13.9. The van der Waals surface area contributed by atoms with Crippen LogP contribution in [0.15, 0.2) is 24.4 Å². The minimum absolute atomic E-state index is 0.0561. The highest BCUT2D eigenvalue weighted by Gasteiger charge is 2.16. The van der Waals surface area contributed by atoms with Crippen molar-refractivity contribution in [1.82, 2.24) is 9.61 Å². The van der Waals surface area contributed by atoms with Gasteiger partial charge in [-0.2, -0.15) is 5.10 Å². The van der Waals surface area contributed by atoms with Gasteiger partial charge in [0.1, 0.15) is 5.60 Å². The molecule has 0 aliphatic heterocycles. The molecule has 0 aliphatic carbocycles. The SMILES string of the molecule is CC(C)(C)OC(=O)Nc1ccn2nc(C(=O)O)cc2c1. The molecule has 0 radical (unpaired) electrons. The second-order valence-corrected chi connectivity index (χ2v) is 5.25. The molecule has 0 saturated heterocycles. The van der Waals surface area contributed by atoms with Gasteiger partial charge in [-0.3, -0.25) is 5.32 Å². The minimum atomic E-state index is -1.10. The van der Waals surface area contributed by atoms with Crippen molar-refractivity contribution in [3.8, 4) is 0 Å². The van der Waals surface area contributed by atoms with E-state index in [0.29, 0.717) is 11.2 Å². The maximum Gasteiger partial charge on any atom is 0.412 e. The van der Waals surface area contributed by atoms with Crippen LogP contribution in [0.3, 0.4) is 0 Å². The number of ether oxygens (including phenoxy) is 1. The normalized spacial score (nSPS) is 11.3. The fourth-order valence-electron chi connectivity index (χ4n) is 1.60. The van der Waals surface area contributed by atoms with E-state index in [2.05, 4.69) is 10.4 Å². The lowest BCUT2D eigenvalue weighted by Gasteiger charge is -2.19. The molecule has 0 fully saturated rings. The number of carbonyl (C=O) groups excluding carboxylic acids is 1. The van der Waals surface area contributed by atoms with Gasteiger partial charge in [0.2, 0.25) is 0 Å².